The van der Waals surface area contributed by atoms with Crippen LogP contribution in [0.3, 0.4) is 0 Å². The predicted molar refractivity (Wildman–Crippen MR) is 84.4 cm³/mol. The monoisotopic (exact) mass is 287 g/mol. The SMILES string of the molecule is CC(C)(C)c1ccc(C(=O)c2cc(Cl)ccc2N)cc1. The molecule has 0 aliphatic heterocycles. The van der Waals surface area contributed by atoms with Crippen LogP contribution in [-0.4, -0.2) is 5.78 Å². The molecular weight excluding hydrogens is 270 g/mol. The molecule has 0 aromatic heterocycles. The van der Waals surface area contributed by atoms with Crippen molar-refractivity contribution in [3.8, 4) is 0 Å². The lowest BCUT2D eigenvalue weighted by Gasteiger charge is -2.19. The number of halogens is 1. The van der Waals surface area contributed by atoms with Crippen molar-refractivity contribution in [3.05, 3.63) is 64.2 Å². The first kappa shape index (κ1) is 14.6. The average Bonchev–Trinajstić information content (AvgIpc) is 2.40. The summed E-state index contributed by atoms with van der Waals surface area (Å²) in [6.45, 7) is 6.41. The third-order valence-electron chi connectivity index (χ3n) is 3.27. The van der Waals surface area contributed by atoms with Gasteiger partial charge in [-0.1, -0.05) is 56.6 Å². The van der Waals surface area contributed by atoms with Crippen LogP contribution in [0.4, 0.5) is 5.69 Å². The number of nitrogen functional groups attached to an aromatic ring is 1. The lowest BCUT2D eigenvalue weighted by molar-refractivity contribution is 0.103. The van der Waals surface area contributed by atoms with Crippen LogP contribution >= 0.6 is 11.6 Å². The zero-order valence-electron chi connectivity index (χ0n) is 11.9. The Morgan fingerprint density at radius 1 is 1.05 bits per heavy atom. The zero-order valence-corrected chi connectivity index (χ0v) is 12.7. The maximum Gasteiger partial charge on any atom is 0.195 e. The standard InChI is InChI=1S/C17H18ClNO/c1-17(2,3)12-6-4-11(5-7-12)16(20)14-10-13(18)8-9-15(14)19/h4-10H,19H2,1-3H3. The van der Waals surface area contributed by atoms with Crippen LogP contribution in [0.15, 0.2) is 42.5 Å². The number of ketones is 1. The van der Waals surface area contributed by atoms with Crippen LogP contribution in [-0.2, 0) is 5.41 Å². The fourth-order valence-electron chi connectivity index (χ4n) is 2.00. The van der Waals surface area contributed by atoms with Crippen molar-refractivity contribution in [1.82, 2.24) is 0 Å². The molecule has 0 radical (unpaired) electrons. The van der Waals surface area contributed by atoms with Gasteiger partial charge in [-0.3, -0.25) is 4.79 Å². The molecule has 20 heavy (non-hydrogen) atoms. The molecule has 2 aromatic carbocycles. The van der Waals surface area contributed by atoms with Crippen LogP contribution in [0.5, 0.6) is 0 Å². The van der Waals surface area contributed by atoms with Gasteiger partial charge in [0.1, 0.15) is 0 Å². The first-order valence-electron chi connectivity index (χ1n) is 6.49. The second-order valence-corrected chi connectivity index (χ2v) is 6.32. The van der Waals surface area contributed by atoms with E-state index in [2.05, 4.69) is 20.8 Å². The topological polar surface area (TPSA) is 43.1 Å². The molecule has 0 saturated carbocycles. The van der Waals surface area contributed by atoms with Gasteiger partial charge < -0.3 is 5.73 Å². The lowest BCUT2D eigenvalue weighted by Crippen LogP contribution is -2.11. The molecule has 0 saturated heterocycles. The Morgan fingerprint density at radius 2 is 1.65 bits per heavy atom. The molecule has 3 heteroatoms. The minimum Gasteiger partial charge on any atom is -0.398 e. The van der Waals surface area contributed by atoms with E-state index in [9.17, 15) is 4.79 Å². The summed E-state index contributed by atoms with van der Waals surface area (Å²) in [5, 5.41) is 0.508. The van der Waals surface area contributed by atoms with E-state index in [-0.39, 0.29) is 11.2 Å². The third-order valence-corrected chi connectivity index (χ3v) is 3.51. The molecule has 0 heterocycles. The summed E-state index contributed by atoms with van der Waals surface area (Å²) in [5.74, 6) is -0.106. The quantitative estimate of drug-likeness (QED) is 0.655. The van der Waals surface area contributed by atoms with Gasteiger partial charge in [0.25, 0.3) is 0 Å². The van der Waals surface area contributed by atoms with E-state index in [0.29, 0.717) is 21.8 Å². The molecule has 104 valence electrons. The number of hydrogen-bond acceptors (Lipinski definition) is 2. The van der Waals surface area contributed by atoms with Crippen molar-refractivity contribution in [3.63, 3.8) is 0 Å². The molecule has 0 bridgehead atoms. The highest BCUT2D eigenvalue weighted by molar-refractivity contribution is 6.31. The highest BCUT2D eigenvalue weighted by atomic mass is 35.5. The fourth-order valence-corrected chi connectivity index (χ4v) is 2.17. The Labute approximate surface area is 124 Å². The van der Waals surface area contributed by atoms with E-state index in [0.717, 1.165) is 0 Å². The second-order valence-electron chi connectivity index (χ2n) is 5.89. The first-order valence-corrected chi connectivity index (χ1v) is 6.87. The molecule has 0 spiro atoms. The van der Waals surface area contributed by atoms with E-state index in [1.54, 1.807) is 18.2 Å². The minimum atomic E-state index is -0.106. The number of carbonyl (C=O) groups excluding carboxylic acids is 1. The normalized spacial score (nSPS) is 11.4. The van der Waals surface area contributed by atoms with Gasteiger partial charge in [-0.2, -0.15) is 0 Å². The minimum absolute atomic E-state index is 0.0661. The van der Waals surface area contributed by atoms with Crippen molar-refractivity contribution in [2.24, 2.45) is 0 Å². The fraction of sp³-hybridized carbons (Fsp3) is 0.235. The van der Waals surface area contributed by atoms with Gasteiger partial charge in [0.05, 0.1) is 0 Å². The summed E-state index contributed by atoms with van der Waals surface area (Å²) < 4.78 is 0. The molecule has 2 N–H and O–H groups in total. The molecule has 0 atom stereocenters. The van der Waals surface area contributed by atoms with E-state index >= 15 is 0 Å². The molecule has 0 aliphatic carbocycles. The molecule has 0 unspecified atom stereocenters. The number of nitrogens with two attached hydrogens (primary N) is 1. The number of rotatable bonds is 2. The van der Waals surface area contributed by atoms with E-state index in [4.69, 9.17) is 17.3 Å². The predicted octanol–water partition coefficient (Wildman–Crippen LogP) is 4.45. The number of benzene rings is 2. The molecule has 2 aromatic rings. The van der Waals surface area contributed by atoms with E-state index in [1.807, 2.05) is 24.3 Å². The molecular formula is C17H18ClNO. The van der Waals surface area contributed by atoms with Crippen LogP contribution in [0.2, 0.25) is 5.02 Å². The molecule has 0 aliphatic rings. The smallest absolute Gasteiger partial charge is 0.195 e. The van der Waals surface area contributed by atoms with Crippen LogP contribution in [0, 0.1) is 0 Å². The van der Waals surface area contributed by atoms with Crippen molar-refractivity contribution in [1.29, 1.82) is 0 Å². The first-order chi connectivity index (χ1) is 9.29. The van der Waals surface area contributed by atoms with Crippen LogP contribution in [0.25, 0.3) is 0 Å². The summed E-state index contributed by atoms with van der Waals surface area (Å²) >= 11 is 5.93. The van der Waals surface area contributed by atoms with Gasteiger partial charge in [0.2, 0.25) is 0 Å². The number of hydrogen-bond donors (Lipinski definition) is 1. The second kappa shape index (κ2) is 5.29. The highest BCUT2D eigenvalue weighted by Gasteiger charge is 2.16. The largest absolute Gasteiger partial charge is 0.398 e. The molecule has 2 nitrogen and oxygen atoms in total. The summed E-state index contributed by atoms with van der Waals surface area (Å²) in [6.07, 6.45) is 0. The van der Waals surface area contributed by atoms with Crippen molar-refractivity contribution >= 4 is 23.1 Å². The van der Waals surface area contributed by atoms with E-state index in [1.165, 1.54) is 5.56 Å². The average molecular weight is 288 g/mol. The molecule has 2 rings (SSSR count). The summed E-state index contributed by atoms with van der Waals surface area (Å²) in [4.78, 5) is 12.4. The van der Waals surface area contributed by atoms with Crippen LogP contribution < -0.4 is 5.73 Å². The van der Waals surface area contributed by atoms with Gasteiger partial charge in [-0.25, -0.2) is 0 Å². The van der Waals surface area contributed by atoms with Gasteiger partial charge in [0.15, 0.2) is 5.78 Å². The summed E-state index contributed by atoms with van der Waals surface area (Å²) in [5.41, 5.74) is 8.61. The van der Waals surface area contributed by atoms with E-state index < -0.39 is 0 Å². The Kier molecular flexibility index (Phi) is 3.87. The lowest BCUT2D eigenvalue weighted by atomic mass is 9.86. The zero-order chi connectivity index (χ0) is 14.9. The third kappa shape index (κ3) is 3.02. The van der Waals surface area contributed by atoms with Crippen molar-refractivity contribution in [2.75, 3.05) is 5.73 Å². The van der Waals surface area contributed by atoms with Gasteiger partial charge in [-0.05, 0) is 29.2 Å². The van der Waals surface area contributed by atoms with Gasteiger partial charge in [0, 0.05) is 21.8 Å². The maximum atomic E-state index is 12.4. The number of carbonyl (C=O) groups is 1. The number of anilines is 1. The Morgan fingerprint density at radius 3 is 2.20 bits per heavy atom. The molecule has 0 amide bonds. The molecule has 0 fully saturated rings. The summed E-state index contributed by atoms with van der Waals surface area (Å²) in [7, 11) is 0. The Bertz CT molecular complexity index is 639. The van der Waals surface area contributed by atoms with Gasteiger partial charge in [-0.15, -0.1) is 0 Å². The Hall–Kier alpha value is -1.80. The maximum absolute atomic E-state index is 12.4. The van der Waals surface area contributed by atoms with Gasteiger partial charge >= 0.3 is 0 Å². The van der Waals surface area contributed by atoms with Crippen LogP contribution in [0.1, 0.15) is 42.3 Å². The Balaban J connectivity index is 2.37. The van der Waals surface area contributed by atoms with Crippen molar-refractivity contribution in [2.45, 2.75) is 26.2 Å². The summed E-state index contributed by atoms with van der Waals surface area (Å²) in [6, 6.07) is 12.6. The highest BCUT2D eigenvalue weighted by Crippen LogP contribution is 2.25. The van der Waals surface area contributed by atoms with Crippen molar-refractivity contribution < 1.29 is 4.79 Å².